The van der Waals surface area contributed by atoms with Crippen LogP contribution in [-0.4, -0.2) is 17.5 Å². The van der Waals surface area contributed by atoms with Crippen molar-refractivity contribution in [2.75, 3.05) is 11.9 Å². The van der Waals surface area contributed by atoms with Crippen molar-refractivity contribution in [3.63, 3.8) is 0 Å². The van der Waals surface area contributed by atoms with Crippen LogP contribution in [0, 0.1) is 0 Å². The first kappa shape index (κ1) is 14.8. The number of nitrogens with zero attached hydrogens (tertiary/aromatic N) is 1. The van der Waals surface area contributed by atoms with Gasteiger partial charge in [0, 0.05) is 4.47 Å². The Balaban J connectivity index is 2.23. The molecule has 1 N–H and O–H groups in total. The smallest absolute Gasteiger partial charge is 0.259 e. The molecule has 2 aromatic rings. The van der Waals surface area contributed by atoms with Crippen LogP contribution in [0.25, 0.3) is 0 Å². The highest BCUT2D eigenvalue weighted by atomic mass is 79.9. The van der Waals surface area contributed by atoms with Gasteiger partial charge in [-0.3, -0.25) is 4.79 Å². The van der Waals surface area contributed by atoms with Crippen LogP contribution in [0.5, 0.6) is 5.75 Å². The topological polar surface area (TPSA) is 51.2 Å². The fourth-order valence-corrected chi connectivity index (χ4v) is 2.08. The summed E-state index contributed by atoms with van der Waals surface area (Å²) >= 11 is 9.05. The van der Waals surface area contributed by atoms with Gasteiger partial charge in [0.25, 0.3) is 5.91 Å². The quantitative estimate of drug-likeness (QED) is 0.838. The lowest BCUT2D eigenvalue weighted by Crippen LogP contribution is -2.14. The van der Waals surface area contributed by atoms with Crippen molar-refractivity contribution in [3.8, 4) is 5.75 Å². The number of halogens is 2. The largest absolute Gasteiger partial charge is 0.493 e. The zero-order valence-corrected chi connectivity index (χ0v) is 13.0. The van der Waals surface area contributed by atoms with Gasteiger partial charge in [-0.05, 0) is 37.3 Å². The Kier molecular flexibility index (Phi) is 4.98. The Morgan fingerprint density at radius 2 is 2.20 bits per heavy atom. The van der Waals surface area contributed by atoms with Crippen molar-refractivity contribution in [3.05, 3.63) is 51.7 Å². The monoisotopic (exact) mass is 354 g/mol. The average Bonchev–Trinajstić information content (AvgIpc) is 2.43. The molecule has 0 aliphatic rings. The number of carbonyl (C=O) groups is 1. The lowest BCUT2D eigenvalue weighted by Gasteiger charge is -2.11. The summed E-state index contributed by atoms with van der Waals surface area (Å²) in [6.07, 6.45) is 1.50. The maximum atomic E-state index is 12.3. The highest BCUT2D eigenvalue weighted by Crippen LogP contribution is 2.24. The number of benzene rings is 1. The summed E-state index contributed by atoms with van der Waals surface area (Å²) < 4.78 is 6.26. The molecule has 1 heterocycles. The van der Waals surface area contributed by atoms with E-state index in [1.807, 2.05) is 13.0 Å². The van der Waals surface area contributed by atoms with E-state index in [0.717, 1.165) is 4.47 Å². The van der Waals surface area contributed by atoms with E-state index in [2.05, 4.69) is 26.2 Å². The summed E-state index contributed by atoms with van der Waals surface area (Å²) in [7, 11) is 0. The number of rotatable bonds is 4. The highest BCUT2D eigenvalue weighted by molar-refractivity contribution is 9.10. The molecule has 104 valence electrons. The maximum Gasteiger partial charge on any atom is 0.259 e. The number of pyridine rings is 1. The van der Waals surface area contributed by atoms with Gasteiger partial charge in [-0.2, -0.15) is 0 Å². The molecule has 20 heavy (non-hydrogen) atoms. The molecule has 2 rings (SSSR count). The Morgan fingerprint density at radius 3 is 2.85 bits per heavy atom. The predicted octanol–water partition coefficient (Wildman–Crippen LogP) is 4.15. The molecule has 0 saturated heterocycles. The van der Waals surface area contributed by atoms with Gasteiger partial charge >= 0.3 is 0 Å². The third-order valence-corrected chi connectivity index (χ3v) is 3.19. The van der Waals surface area contributed by atoms with Gasteiger partial charge in [0.05, 0.1) is 24.1 Å². The lowest BCUT2D eigenvalue weighted by atomic mass is 10.2. The molecule has 1 aromatic heterocycles. The van der Waals surface area contributed by atoms with Crippen LogP contribution < -0.4 is 10.1 Å². The molecule has 0 atom stereocenters. The zero-order chi connectivity index (χ0) is 14.5. The predicted molar refractivity (Wildman–Crippen MR) is 82.5 cm³/mol. The molecule has 0 aliphatic heterocycles. The van der Waals surface area contributed by atoms with Gasteiger partial charge in [-0.25, -0.2) is 4.98 Å². The van der Waals surface area contributed by atoms with Gasteiger partial charge in [-0.1, -0.05) is 27.5 Å². The molecular formula is C14H12BrClN2O2. The average molecular weight is 356 g/mol. The van der Waals surface area contributed by atoms with Crippen LogP contribution in [0.3, 0.4) is 0 Å². The number of amides is 1. The Labute approximate surface area is 130 Å². The standard InChI is InChI=1S/C14H12BrClN2O2/c1-2-20-12-5-3-9(15)7-11(12)14(19)18-10-4-6-13(16)17-8-10/h3-8H,2H2,1H3,(H,18,19). The molecule has 0 spiro atoms. The SMILES string of the molecule is CCOc1ccc(Br)cc1C(=O)Nc1ccc(Cl)nc1. The number of carbonyl (C=O) groups excluding carboxylic acids is 1. The molecule has 6 heteroatoms. The second-order valence-electron chi connectivity index (χ2n) is 3.90. The third kappa shape index (κ3) is 3.71. The number of anilines is 1. The van der Waals surface area contributed by atoms with E-state index in [0.29, 0.717) is 28.8 Å². The first-order valence-electron chi connectivity index (χ1n) is 5.95. The summed E-state index contributed by atoms with van der Waals surface area (Å²) in [4.78, 5) is 16.2. The van der Waals surface area contributed by atoms with Crippen LogP contribution in [0.4, 0.5) is 5.69 Å². The number of nitrogens with one attached hydrogen (secondary N) is 1. The van der Waals surface area contributed by atoms with Gasteiger partial charge < -0.3 is 10.1 Å². The molecular weight excluding hydrogens is 344 g/mol. The van der Waals surface area contributed by atoms with Crippen molar-refractivity contribution in [2.45, 2.75) is 6.92 Å². The molecule has 0 bridgehead atoms. The minimum Gasteiger partial charge on any atom is -0.493 e. The van der Waals surface area contributed by atoms with E-state index in [4.69, 9.17) is 16.3 Å². The summed E-state index contributed by atoms with van der Waals surface area (Å²) in [5.74, 6) is 0.272. The van der Waals surface area contributed by atoms with Crippen LogP contribution in [-0.2, 0) is 0 Å². The summed E-state index contributed by atoms with van der Waals surface area (Å²) in [6, 6.07) is 8.59. The van der Waals surface area contributed by atoms with Crippen LogP contribution in [0.15, 0.2) is 41.0 Å². The normalized spacial score (nSPS) is 10.2. The first-order chi connectivity index (χ1) is 9.60. The Hall–Kier alpha value is -1.59. The number of hydrogen-bond donors (Lipinski definition) is 1. The van der Waals surface area contributed by atoms with E-state index in [-0.39, 0.29) is 5.91 Å². The zero-order valence-electron chi connectivity index (χ0n) is 10.7. The van der Waals surface area contributed by atoms with E-state index < -0.39 is 0 Å². The van der Waals surface area contributed by atoms with Crippen molar-refractivity contribution >= 4 is 39.1 Å². The molecule has 0 saturated carbocycles. The number of hydrogen-bond acceptors (Lipinski definition) is 3. The van der Waals surface area contributed by atoms with E-state index >= 15 is 0 Å². The van der Waals surface area contributed by atoms with Crippen LogP contribution in [0.2, 0.25) is 5.15 Å². The van der Waals surface area contributed by atoms with Crippen molar-refractivity contribution in [1.82, 2.24) is 4.98 Å². The fraction of sp³-hybridized carbons (Fsp3) is 0.143. The van der Waals surface area contributed by atoms with Gasteiger partial charge in [-0.15, -0.1) is 0 Å². The molecule has 4 nitrogen and oxygen atoms in total. The number of aromatic nitrogens is 1. The van der Waals surface area contributed by atoms with Gasteiger partial charge in [0.1, 0.15) is 10.9 Å². The van der Waals surface area contributed by atoms with Crippen molar-refractivity contribution in [2.24, 2.45) is 0 Å². The van der Waals surface area contributed by atoms with Gasteiger partial charge in [0.15, 0.2) is 0 Å². The second-order valence-corrected chi connectivity index (χ2v) is 5.20. The number of ether oxygens (including phenoxy) is 1. The summed E-state index contributed by atoms with van der Waals surface area (Å²) in [5.41, 5.74) is 1.03. The highest BCUT2D eigenvalue weighted by Gasteiger charge is 2.13. The third-order valence-electron chi connectivity index (χ3n) is 2.47. The van der Waals surface area contributed by atoms with E-state index in [9.17, 15) is 4.79 Å². The lowest BCUT2D eigenvalue weighted by molar-refractivity contribution is 0.102. The molecule has 0 fully saturated rings. The first-order valence-corrected chi connectivity index (χ1v) is 7.12. The second kappa shape index (κ2) is 6.72. The molecule has 0 radical (unpaired) electrons. The minimum absolute atomic E-state index is 0.265. The maximum absolute atomic E-state index is 12.3. The summed E-state index contributed by atoms with van der Waals surface area (Å²) in [5, 5.41) is 3.13. The van der Waals surface area contributed by atoms with Gasteiger partial charge in [0.2, 0.25) is 0 Å². The van der Waals surface area contributed by atoms with Crippen molar-refractivity contribution in [1.29, 1.82) is 0 Å². The Bertz CT molecular complexity index is 617. The molecule has 0 aliphatic carbocycles. The minimum atomic E-state index is -0.265. The van der Waals surface area contributed by atoms with E-state index in [1.165, 1.54) is 6.20 Å². The Morgan fingerprint density at radius 1 is 1.40 bits per heavy atom. The fourth-order valence-electron chi connectivity index (χ4n) is 1.61. The van der Waals surface area contributed by atoms with E-state index in [1.54, 1.807) is 24.3 Å². The molecule has 0 unspecified atom stereocenters. The summed E-state index contributed by atoms with van der Waals surface area (Å²) in [6.45, 7) is 2.36. The molecule has 1 amide bonds. The van der Waals surface area contributed by atoms with Crippen LogP contribution in [0.1, 0.15) is 17.3 Å². The van der Waals surface area contributed by atoms with Crippen LogP contribution >= 0.6 is 27.5 Å². The van der Waals surface area contributed by atoms with Crippen molar-refractivity contribution < 1.29 is 9.53 Å². The molecule has 1 aromatic carbocycles.